The van der Waals surface area contributed by atoms with E-state index in [2.05, 4.69) is 0 Å². The van der Waals surface area contributed by atoms with Crippen LogP contribution < -0.4 is 0 Å². The summed E-state index contributed by atoms with van der Waals surface area (Å²) in [4.78, 5) is 27.5. The number of likely N-dealkylation sites (tertiary alicyclic amines) is 1. The van der Waals surface area contributed by atoms with Crippen LogP contribution in [0.25, 0.3) is 10.1 Å². The van der Waals surface area contributed by atoms with Gasteiger partial charge in [0.2, 0.25) is 0 Å². The fourth-order valence-corrected chi connectivity index (χ4v) is 4.27. The van der Waals surface area contributed by atoms with Gasteiger partial charge in [0, 0.05) is 17.8 Å². The number of carbonyl (C=O) groups excluding carboxylic acids is 2. The lowest BCUT2D eigenvalue weighted by Crippen LogP contribution is -2.40. The van der Waals surface area contributed by atoms with Crippen molar-refractivity contribution in [3.05, 3.63) is 34.7 Å². The van der Waals surface area contributed by atoms with Crippen LogP contribution in [0.1, 0.15) is 47.8 Å². The second-order valence-corrected chi connectivity index (χ2v) is 7.39. The lowest BCUT2D eigenvalue weighted by Gasteiger charge is -2.23. The summed E-state index contributed by atoms with van der Waals surface area (Å²) in [6.45, 7) is 5.13. The lowest BCUT2D eigenvalue weighted by molar-refractivity contribution is -0.139. The van der Waals surface area contributed by atoms with E-state index < -0.39 is 12.1 Å². The zero-order chi connectivity index (χ0) is 17.1. The van der Waals surface area contributed by atoms with Gasteiger partial charge in [0.05, 0.1) is 0 Å². The van der Waals surface area contributed by atoms with Crippen molar-refractivity contribution in [1.82, 2.24) is 4.90 Å². The molecular formula is C19H23NO3S. The predicted octanol–water partition coefficient (Wildman–Crippen LogP) is 4.16. The molecule has 1 saturated heterocycles. The van der Waals surface area contributed by atoms with Gasteiger partial charge in [-0.3, -0.25) is 4.79 Å². The summed E-state index contributed by atoms with van der Waals surface area (Å²) in [5.41, 5.74) is 0.926. The molecule has 2 aromatic rings. The molecule has 0 spiro atoms. The Labute approximate surface area is 146 Å². The number of benzene rings is 1. The number of hydrogen-bond donors (Lipinski definition) is 0. The van der Waals surface area contributed by atoms with E-state index in [1.165, 1.54) is 24.2 Å². The minimum atomic E-state index is -0.736. The zero-order valence-electron chi connectivity index (χ0n) is 14.2. The van der Waals surface area contributed by atoms with Crippen molar-refractivity contribution < 1.29 is 14.3 Å². The molecule has 2 heterocycles. The molecule has 0 aliphatic carbocycles. The molecule has 1 atom stereocenters. The molecule has 4 nitrogen and oxygen atoms in total. The summed E-state index contributed by atoms with van der Waals surface area (Å²) in [5.74, 6) is -0.478. The summed E-state index contributed by atoms with van der Waals surface area (Å²) < 4.78 is 6.55. The highest BCUT2D eigenvalue weighted by molar-refractivity contribution is 7.21. The number of esters is 1. The van der Waals surface area contributed by atoms with E-state index in [0.717, 1.165) is 41.6 Å². The van der Waals surface area contributed by atoms with E-state index in [-0.39, 0.29) is 5.91 Å². The average Bonchev–Trinajstić information content (AvgIpc) is 2.77. The summed E-state index contributed by atoms with van der Waals surface area (Å²) >= 11 is 1.43. The first-order valence-electron chi connectivity index (χ1n) is 8.56. The molecule has 1 unspecified atom stereocenters. The van der Waals surface area contributed by atoms with Gasteiger partial charge >= 0.3 is 5.97 Å². The largest absolute Gasteiger partial charge is 0.448 e. The van der Waals surface area contributed by atoms with E-state index in [1.807, 2.05) is 36.1 Å². The minimum Gasteiger partial charge on any atom is -0.448 e. The molecule has 128 valence electrons. The Morgan fingerprint density at radius 3 is 2.46 bits per heavy atom. The van der Waals surface area contributed by atoms with E-state index >= 15 is 0 Å². The molecule has 0 N–H and O–H groups in total. The Morgan fingerprint density at radius 1 is 1.12 bits per heavy atom. The van der Waals surface area contributed by atoms with Crippen LogP contribution in [0.5, 0.6) is 0 Å². The Balaban J connectivity index is 1.70. The molecule has 1 aliphatic heterocycles. The van der Waals surface area contributed by atoms with Crippen molar-refractivity contribution in [3.8, 4) is 0 Å². The number of nitrogens with zero attached hydrogens (tertiary/aromatic N) is 1. The number of fused-ring (bicyclic) bond motifs is 1. The molecule has 0 saturated carbocycles. The van der Waals surface area contributed by atoms with Crippen molar-refractivity contribution in [1.29, 1.82) is 0 Å². The standard InChI is InChI=1S/C19H23NO3S/c1-13-15-9-5-6-10-16(15)24-17(13)19(22)23-14(2)18(21)20-11-7-3-4-8-12-20/h5-6,9-10,14H,3-4,7-8,11-12H2,1-2H3. The first-order valence-corrected chi connectivity index (χ1v) is 9.37. The number of rotatable bonds is 3. The highest BCUT2D eigenvalue weighted by Gasteiger charge is 2.26. The Bertz CT molecular complexity index is 744. The number of aryl methyl sites for hydroxylation is 1. The summed E-state index contributed by atoms with van der Waals surface area (Å²) in [7, 11) is 0. The average molecular weight is 345 g/mol. The topological polar surface area (TPSA) is 46.6 Å². The van der Waals surface area contributed by atoms with Gasteiger partial charge in [-0.15, -0.1) is 11.3 Å². The van der Waals surface area contributed by atoms with Gasteiger partial charge in [-0.1, -0.05) is 31.0 Å². The monoisotopic (exact) mass is 345 g/mol. The molecule has 1 aromatic heterocycles. The van der Waals surface area contributed by atoms with E-state index in [4.69, 9.17) is 4.74 Å². The first kappa shape index (κ1) is 17.0. The summed E-state index contributed by atoms with van der Waals surface area (Å²) in [5, 5.41) is 1.07. The van der Waals surface area contributed by atoms with E-state index in [9.17, 15) is 9.59 Å². The van der Waals surface area contributed by atoms with Gasteiger partial charge in [-0.25, -0.2) is 4.79 Å². The van der Waals surface area contributed by atoms with Crippen molar-refractivity contribution >= 4 is 33.3 Å². The second-order valence-electron chi connectivity index (χ2n) is 6.34. The predicted molar refractivity (Wildman–Crippen MR) is 96.5 cm³/mol. The quantitative estimate of drug-likeness (QED) is 0.785. The Hall–Kier alpha value is -1.88. The second kappa shape index (κ2) is 7.34. The molecule has 1 amide bonds. The van der Waals surface area contributed by atoms with Crippen LogP contribution in [0.2, 0.25) is 0 Å². The zero-order valence-corrected chi connectivity index (χ0v) is 15.0. The van der Waals surface area contributed by atoms with Crippen molar-refractivity contribution in [2.75, 3.05) is 13.1 Å². The highest BCUT2D eigenvalue weighted by atomic mass is 32.1. The smallest absolute Gasteiger partial charge is 0.349 e. The van der Waals surface area contributed by atoms with Crippen LogP contribution in [0.4, 0.5) is 0 Å². The molecule has 0 bridgehead atoms. The maximum absolute atomic E-state index is 12.5. The van der Waals surface area contributed by atoms with Crippen LogP contribution >= 0.6 is 11.3 Å². The van der Waals surface area contributed by atoms with Gasteiger partial charge in [-0.05, 0) is 43.7 Å². The number of thiophene rings is 1. The molecular weight excluding hydrogens is 322 g/mol. The fourth-order valence-electron chi connectivity index (χ4n) is 3.18. The van der Waals surface area contributed by atoms with Crippen LogP contribution in [-0.4, -0.2) is 36.0 Å². The van der Waals surface area contributed by atoms with Crippen LogP contribution in [0, 0.1) is 6.92 Å². The third kappa shape index (κ3) is 3.46. The number of ether oxygens (including phenoxy) is 1. The van der Waals surface area contributed by atoms with E-state index in [1.54, 1.807) is 6.92 Å². The number of hydrogen-bond acceptors (Lipinski definition) is 4. The molecule has 1 aliphatic rings. The van der Waals surface area contributed by atoms with Gasteiger partial charge in [0.1, 0.15) is 4.88 Å². The normalized spacial score (nSPS) is 16.7. The number of carbonyl (C=O) groups is 2. The SMILES string of the molecule is Cc1c(C(=O)OC(C)C(=O)N2CCCCCC2)sc2ccccc12. The molecule has 24 heavy (non-hydrogen) atoms. The highest BCUT2D eigenvalue weighted by Crippen LogP contribution is 2.31. The van der Waals surface area contributed by atoms with Gasteiger partial charge in [-0.2, -0.15) is 0 Å². The lowest BCUT2D eigenvalue weighted by atomic mass is 10.1. The van der Waals surface area contributed by atoms with Crippen molar-refractivity contribution in [3.63, 3.8) is 0 Å². The van der Waals surface area contributed by atoms with E-state index in [0.29, 0.717) is 4.88 Å². The Morgan fingerprint density at radius 2 is 1.79 bits per heavy atom. The fraction of sp³-hybridized carbons (Fsp3) is 0.474. The third-order valence-electron chi connectivity index (χ3n) is 4.58. The maximum atomic E-state index is 12.5. The Kier molecular flexibility index (Phi) is 5.19. The molecule has 3 rings (SSSR count). The van der Waals surface area contributed by atoms with Crippen molar-refractivity contribution in [2.24, 2.45) is 0 Å². The minimum absolute atomic E-state index is 0.0796. The molecule has 1 aromatic carbocycles. The number of amides is 1. The molecule has 1 fully saturated rings. The molecule has 0 radical (unpaired) electrons. The van der Waals surface area contributed by atoms with Gasteiger partial charge in [0.15, 0.2) is 6.10 Å². The maximum Gasteiger partial charge on any atom is 0.349 e. The van der Waals surface area contributed by atoms with Gasteiger partial charge in [0.25, 0.3) is 5.91 Å². The summed E-state index contributed by atoms with van der Waals surface area (Å²) in [6.07, 6.45) is 3.65. The van der Waals surface area contributed by atoms with Crippen LogP contribution in [-0.2, 0) is 9.53 Å². The van der Waals surface area contributed by atoms with Crippen molar-refractivity contribution in [2.45, 2.75) is 45.6 Å². The van der Waals surface area contributed by atoms with Crippen LogP contribution in [0.3, 0.4) is 0 Å². The summed E-state index contributed by atoms with van der Waals surface area (Å²) in [6, 6.07) is 7.92. The molecule has 5 heteroatoms. The van der Waals surface area contributed by atoms with Crippen LogP contribution in [0.15, 0.2) is 24.3 Å². The third-order valence-corrected chi connectivity index (χ3v) is 5.83. The first-order chi connectivity index (χ1) is 11.6. The van der Waals surface area contributed by atoms with Gasteiger partial charge < -0.3 is 9.64 Å².